The van der Waals surface area contributed by atoms with Gasteiger partial charge in [-0.05, 0) is 18.2 Å². The van der Waals surface area contributed by atoms with E-state index in [4.69, 9.17) is 15.9 Å². The first kappa shape index (κ1) is 14.3. The van der Waals surface area contributed by atoms with E-state index in [2.05, 4.69) is 21.2 Å². The summed E-state index contributed by atoms with van der Waals surface area (Å²) < 4.78 is 1.80. The number of amides is 1. The minimum absolute atomic E-state index is 0.321. The number of aliphatic hydroxyl groups excluding tert-OH is 2. The number of anilines is 1. The van der Waals surface area contributed by atoms with Gasteiger partial charge in [0.25, 0.3) is 5.91 Å². The Balaban J connectivity index is 2.35. The predicted molar refractivity (Wildman–Crippen MR) is 79.4 cm³/mol. The van der Waals surface area contributed by atoms with Gasteiger partial charge in [0, 0.05) is 14.6 Å². The number of halogens is 1. The lowest BCUT2D eigenvalue weighted by Crippen LogP contribution is -2.39. The van der Waals surface area contributed by atoms with E-state index in [0.29, 0.717) is 10.6 Å². The third kappa shape index (κ3) is 2.89. The third-order valence-electron chi connectivity index (χ3n) is 2.67. The van der Waals surface area contributed by atoms with Crippen LogP contribution in [0.25, 0.3) is 10.1 Å². The molecule has 5 N–H and O–H groups in total. The summed E-state index contributed by atoms with van der Waals surface area (Å²) in [7, 11) is 0. The monoisotopic (exact) mass is 344 g/mol. The summed E-state index contributed by atoms with van der Waals surface area (Å²) >= 11 is 4.64. The summed E-state index contributed by atoms with van der Waals surface area (Å²) in [6.45, 7) is -0.642. The van der Waals surface area contributed by atoms with E-state index in [1.54, 1.807) is 0 Å². The summed E-state index contributed by atoms with van der Waals surface area (Å²) in [5.74, 6) is -0.386. The zero-order chi connectivity index (χ0) is 14.0. The molecule has 0 bridgehead atoms. The fraction of sp³-hybridized carbons (Fsp3) is 0.250. The topological polar surface area (TPSA) is 95.6 Å². The lowest BCUT2D eigenvalue weighted by atomic mass is 10.2. The van der Waals surface area contributed by atoms with Crippen LogP contribution in [0.4, 0.5) is 5.69 Å². The molecule has 0 aliphatic heterocycles. The number of carbonyl (C=O) groups is 1. The molecule has 1 heterocycles. The molecule has 7 heteroatoms. The molecule has 0 saturated carbocycles. The van der Waals surface area contributed by atoms with Gasteiger partial charge in [-0.1, -0.05) is 15.9 Å². The number of thiophene rings is 1. The van der Waals surface area contributed by atoms with Crippen LogP contribution in [0.3, 0.4) is 0 Å². The van der Waals surface area contributed by atoms with Crippen molar-refractivity contribution in [2.75, 3.05) is 18.9 Å². The van der Waals surface area contributed by atoms with Gasteiger partial charge in [-0.2, -0.15) is 0 Å². The van der Waals surface area contributed by atoms with Gasteiger partial charge in [0.05, 0.1) is 24.9 Å². The molecule has 1 amide bonds. The van der Waals surface area contributed by atoms with Gasteiger partial charge >= 0.3 is 0 Å². The number of rotatable bonds is 4. The number of carbonyl (C=O) groups excluding carboxylic acids is 1. The normalized spacial score (nSPS) is 11.2. The van der Waals surface area contributed by atoms with Crippen LogP contribution in [0, 0.1) is 0 Å². The maximum atomic E-state index is 12.0. The second-order valence-corrected chi connectivity index (χ2v) is 5.99. The van der Waals surface area contributed by atoms with E-state index >= 15 is 0 Å². The smallest absolute Gasteiger partial charge is 0.263 e. The molecule has 0 spiro atoms. The molecule has 0 fully saturated rings. The van der Waals surface area contributed by atoms with Crippen molar-refractivity contribution in [3.05, 3.63) is 27.5 Å². The predicted octanol–water partition coefficient (Wildman–Crippen LogP) is 1.33. The van der Waals surface area contributed by atoms with Crippen molar-refractivity contribution in [3.8, 4) is 0 Å². The Labute approximate surface area is 122 Å². The van der Waals surface area contributed by atoms with Gasteiger partial charge < -0.3 is 21.3 Å². The van der Waals surface area contributed by atoms with E-state index in [-0.39, 0.29) is 19.1 Å². The lowest BCUT2D eigenvalue weighted by Gasteiger charge is -2.12. The van der Waals surface area contributed by atoms with Crippen molar-refractivity contribution in [2.45, 2.75) is 6.04 Å². The molecule has 0 saturated heterocycles. The van der Waals surface area contributed by atoms with Crippen LogP contribution < -0.4 is 11.1 Å². The number of aliphatic hydroxyl groups is 2. The van der Waals surface area contributed by atoms with Gasteiger partial charge in [0.15, 0.2) is 0 Å². The molecule has 1 aromatic carbocycles. The first-order valence-corrected chi connectivity index (χ1v) is 7.18. The maximum Gasteiger partial charge on any atom is 0.263 e. The second-order valence-electron chi connectivity index (χ2n) is 4.02. The van der Waals surface area contributed by atoms with Crippen molar-refractivity contribution < 1.29 is 15.0 Å². The van der Waals surface area contributed by atoms with Gasteiger partial charge in [-0.15, -0.1) is 11.3 Å². The molecular formula is C12H13BrN2O3S. The van der Waals surface area contributed by atoms with E-state index in [1.807, 2.05) is 18.2 Å². The molecular weight excluding hydrogens is 332 g/mol. The van der Waals surface area contributed by atoms with Gasteiger partial charge in [-0.3, -0.25) is 4.79 Å². The molecule has 2 rings (SSSR count). The number of fused-ring (bicyclic) bond motifs is 1. The van der Waals surface area contributed by atoms with Crippen molar-refractivity contribution in [3.63, 3.8) is 0 Å². The van der Waals surface area contributed by atoms with E-state index in [1.165, 1.54) is 11.3 Å². The number of nitrogens with one attached hydrogen (secondary N) is 1. The highest BCUT2D eigenvalue weighted by molar-refractivity contribution is 9.10. The van der Waals surface area contributed by atoms with E-state index in [9.17, 15) is 4.79 Å². The number of nitrogen functional groups attached to an aromatic ring is 1. The Morgan fingerprint density at radius 3 is 2.74 bits per heavy atom. The SMILES string of the molecule is Nc1c(C(=O)NC(CO)CO)sc2ccc(Br)cc12. The molecule has 5 nitrogen and oxygen atoms in total. The lowest BCUT2D eigenvalue weighted by molar-refractivity contribution is 0.0884. The molecule has 102 valence electrons. The molecule has 2 aromatic rings. The van der Waals surface area contributed by atoms with Gasteiger partial charge in [0.2, 0.25) is 0 Å². The van der Waals surface area contributed by atoms with Crippen LogP contribution in [-0.4, -0.2) is 35.4 Å². The fourth-order valence-corrected chi connectivity index (χ4v) is 3.03. The van der Waals surface area contributed by atoms with Crippen LogP contribution in [-0.2, 0) is 0 Å². The van der Waals surface area contributed by atoms with E-state index < -0.39 is 6.04 Å². The van der Waals surface area contributed by atoms with Crippen molar-refractivity contribution in [1.82, 2.24) is 5.32 Å². The molecule has 1 aromatic heterocycles. The summed E-state index contributed by atoms with van der Waals surface area (Å²) in [5.41, 5.74) is 6.38. The highest BCUT2D eigenvalue weighted by atomic mass is 79.9. The highest BCUT2D eigenvalue weighted by Crippen LogP contribution is 2.35. The number of benzene rings is 1. The van der Waals surface area contributed by atoms with Crippen LogP contribution in [0.5, 0.6) is 0 Å². The number of hydrogen-bond acceptors (Lipinski definition) is 5. The number of nitrogens with two attached hydrogens (primary N) is 1. The van der Waals surface area contributed by atoms with Crippen molar-refractivity contribution in [2.24, 2.45) is 0 Å². The second kappa shape index (κ2) is 5.87. The van der Waals surface area contributed by atoms with Crippen LogP contribution in [0.1, 0.15) is 9.67 Å². The first-order chi connectivity index (χ1) is 9.06. The Bertz CT molecular complexity index is 610. The summed E-state index contributed by atoms with van der Waals surface area (Å²) in [6.07, 6.45) is 0. The largest absolute Gasteiger partial charge is 0.397 e. The molecule has 0 atom stereocenters. The van der Waals surface area contributed by atoms with Gasteiger partial charge in [-0.25, -0.2) is 0 Å². The molecule has 0 aliphatic carbocycles. The third-order valence-corrected chi connectivity index (χ3v) is 4.35. The molecule has 0 radical (unpaired) electrons. The molecule has 0 unspecified atom stereocenters. The quantitative estimate of drug-likeness (QED) is 0.672. The fourth-order valence-electron chi connectivity index (χ4n) is 1.66. The minimum Gasteiger partial charge on any atom is -0.397 e. The van der Waals surface area contributed by atoms with Gasteiger partial charge in [0.1, 0.15) is 4.88 Å². The standard InChI is InChI=1S/C12H13BrN2O3S/c13-6-1-2-9-8(3-6)10(14)11(19-9)12(18)15-7(4-16)5-17/h1-3,7,16-17H,4-5,14H2,(H,15,18). The zero-order valence-corrected chi connectivity index (χ0v) is 12.3. The molecule has 19 heavy (non-hydrogen) atoms. The highest BCUT2D eigenvalue weighted by Gasteiger charge is 2.19. The van der Waals surface area contributed by atoms with Crippen LogP contribution >= 0.6 is 27.3 Å². The Morgan fingerprint density at radius 1 is 1.42 bits per heavy atom. The average molecular weight is 345 g/mol. The van der Waals surface area contributed by atoms with Crippen LogP contribution in [0.15, 0.2) is 22.7 Å². The summed E-state index contributed by atoms with van der Waals surface area (Å²) in [6, 6.07) is 4.94. The average Bonchev–Trinajstić information content (AvgIpc) is 2.73. The van der Waals surface area contributed by atoms with Crippen molar-refractivity contribution >= 4 is 48.9 Å². The first-order valence-electron chi connectivity index (χ1n) is 5.57. The minimum atomic E-state index is -0.677. The van der Waals surface area contributed by atoms with Crippen molar-refractivity contribution in [1.29, 1.82) is 0 Å². The summed E-state index contributed by atoms with van der Waals surface area (Å²) in [4.78, 5) is 12.4. The van der Waals surface area contributed by atoms with E-state index in [0.717, 1.165) is 14.6 Å². The number of hydrogen-bond donors (Lipinski definition) is 4. The zero-order valence-electron chi connectivity index (χ0n) is 9.89. The summed E-state index contributed by atoms with van der Waals surface area (Å²) in [5, 5.41) is 21.3. The maximum absolute atomic E-state index is 12.0. The Morgan fingerprint density at radius 2 is 2.11 bits per heavy atom. The van der Waals surface area contributed by atoms with Crippen LogP contribution in [0.2, 0.25) is 0 Å². The Hall–Kier alpha value is -1.15. The molecule has 0 aliphatic rings. The Kier molecular flexibility index (Phi) is 4.41.